The highest BCUT2D eigenvalue weighted by Crippen LogP contribution is 2.22. The summed E-state index contributed by atoms with van der Waals surface area (Å²) >= 11 is 0. The summed E-state index contributed by atoms with van der Waals surface area (Å²) in [6, 6.07) is -0.556. The fourth-order valence-electron chi connectivity index (χ4n) is 2.06. The van der Waals surface area contributed by atoms with Crippen molar-refractivity contribution in [2.45, 2.75) is 51.6 Å². The first-order chi connectivity index (χ1) is 7.34. The van der Waals surface area contributed by atoms with Gasteiger partial charge in [0.15, 0.2) is 0 Å². The lowest BCUT2D eigenvalue weighted by molar-refractivity contribution is -0.127. The van der Waals surface area contributed by atoms with Gasteiger partial charge < -0.3 is 10.4 Å². The third kappa shape index (κ3) is 2.87. The molecule has 0 unspecified atom stereocenters. The van der Waals surface area contributed by atoms with E-state index < -0.39 is 17.7 Å². The number of nitrogens with one attached hydrogen (secondary N) is 1. The number of amides is 2. The Hall–Kier alpha value is -1.26. The summed E-state index contributed by atoms with van der Waals surface area (Å²) in [4.78, 5) is 24.3. The molecule has 1 fully saturated rings. The predicted molar refractivity (Wildman–Crippen MR) is 60.3 cm³/mol. The van der Waals surface area contributed by atoms with E-state index in [-0.39, 0.29) is 5.91 Å². The minimum absolute atomic E-state index is 0.171. The number of hydrogen-bond acceptors (Lipinski definition) is 2. The van der Waals surface area contributed by atoms with Crippen molar-refractivity contribution in [3.8, 4) is 0 Å². The van der Waals surface area contributed by atoms with Crippen LogP contribution in [0.5, 0.6) is 0 Å². The van der Waals surface area contributed by atoms with Gasteiger partial charge in [-0.1, -0.05) is 0 Å². The third-order valence-corrected chi connectivity index (χ3v) is 2.75. The van der Waals surface area contributed by atoms with Gasteiger partial charge in [-0.05, 0) is 40.0 Å². The monoisotopic (exact) mass is 228 g/mol. The van der Waals surface area contributed by atoms with E-state index in [0.717, 1.165) is 12.8 Å². The summed E-state index contributed by atoms with van der Waals surface area (Å²) in [7, 11) is 0. The molecule has 92 valence electrons. The average Bonchev–Trinajstić information content (AvgIpc) is 2.29. The molecule has 1 rings (SSSR count). The van der Waals surface area contributed by atoms with E-state index in [1.807, 2.05) is 0 Å². The van der Waals surface area contributed by atoms with Crippen LogP contribution in [0.1, 0.15) is 40.0 Å². The number of hydrogen-bond donors (Lipinski definition) is 2. The van der Waals surface area contributed by atoms with Crippen LogP contribution in [0.2, 0.25) is 0 Å². The second-order valence-corrected chi connectivity index (χ2v) is 5.13. The Kier molecular flexibility index (Phi) is 3.78. The van der Waals surface area contributed by atoms with E-state index >= 15 is 0 Å². The van der Waals surface area contributed by atoms with Gasteiger partial charge in [-0.3, -0.25) is 9.69 Å². The van der Waals surface area contributed by atoms with Crippen LogP contribution in [0.4, 0.5) is 4.79 Å². The maximum atomic E-state index is 11.8. The lowest BCUT2D eigenvalue weighted by Gasteiger charge is -2.38. The van der Waals surface area contributed by atoms with E-state index in [1.54, 1.807) is 20.8 Å². The molecule has 0 aliphatic carbocycles. The summed E-state index contributed by atoms with van der Waals surface area (Å²) in [5.74, 6) is -0.171. The summed E-state index contributed by atoms with van der Waals surface area (Å²) in [5.41, 5.74) is -0.557. The van der Waals surface area contributed by atoms with Crippen LogP contribution in [-0.2, 0) is 4.79 Å². The molecule has 0 aromatic heterocycles. The molecular formula is C11H20N2O3. The van der Waals surface area contributed by atoms with E-state index in [4.69, 9.17) is 0 Å². The Bertz CT molecular complexity index is 283. The SMILES string of the molecule is CC(C)(C)N(C(=O)O)[C@@H]1CCCCNC1=O. The molecule has 16 heavy (non-hydrogen) atoms. The van der Waals surface area contributed by atoms with Crippen molar-refractivity contribution in [2.24, 2.45) is 0 Å². The second-order valence-electron chi connectivity index (χ2n) is 5.13. The van der Waals surface area contributed by atoms with Crippen molar-refractivity contribution in [1.82, 2.24) is 10.2 Å². The van der Waals surface area contributed by atoms with Gasteiger partial charge in [-0.15, -0.1) is 0 Å². The summed E-state index contributed by atoms with van der Waals surface area (Å²) < 4.78 is 0. The topological polar surface area (TPSA) is 69.6 Å². The molecule has 1 heterocycles. The minimum Gasteiger partial charge on any atom is -0.465 e. The first-order valence-electron chi connectivity index (χ1n) is 5.64. The molecule has 1 aliphatic rings. The molecule has 5 heteroatoms. The van der Waals surface area contributed by atoms with E-state index in [1.165, 1.54) is 4.90 Å². The third-order valence-electron chi connectivity index (χ3n) is 2.75. The smallest absolute Gasteiger partial charge is 0.408 e. The van der Waals surface area contributed by atoms with Crippen LogP contribution in [0.15, 0.2) is 0 Å². The highest BCUT2D eigenvalue weighted by atomic mass is 16.4. The van der Waals surface area contributed by atoms with Crippen LogP contribution in [-0.4, -0.2) is 40.1 Å². The predicted octanol–water partition coefficient (Wildman–Crippen LogP) is 1.43. The number of carbonyl (C=O) groups excluding carboxylic acids is 1. The second kappa shape index (κ2) is 4.72. The normalized spacial score (nSPS) is 22.2. The van der Waals surface area contributed by atoms with Gasteiger partial charge in [0, 0.05) is 12.1 Å². The van der Waals surface area contributed by atoms with Gasteiger partial charge in [0.2, 0.25) is 5.91 Å². The number of carbonyl (C=O) groups is 2. The first kappa shape index (κ1) is 12.8. The molecule has 0 saturated carbocycles. The summed E-state index contributed by atoms with van der Waals surface area (Å²) in [5, 5.41) is 12.0. The summed E-state index contributed by atoms with van der Waals surface area (Å²) in [6.45, 7) is 6.06. The van der Waals surface area contributed by atoms with Crippen molar-refractivity contribution in [3.63, 3.8) is 0 Å². The maximum absolute atomic E-state index is 11.8. The van der Waals surface area contributed by atoms with Crippen molar-refractivity contribution in [1.29, 1.82) is 0 Å². The molecule has 0 spiro atoms. The lowest BCUT2D eigenvalue weighted by Crippen LogP contribution is -2.56. The van der Waals surface area contributed by atoms with Crippen molar-refractivity contribution in [3.05, 3.63) is 0 Å². The van der Waals surface area contributed by atoms with Gasteiger partial charge in [0.1, 0.15) is 6.04 Å². The number of carboxylic acid groups (broad SMARTS) is 1. The Labute approximate surface area is 95.8 Å². The molecule has 1 atom stereocenters. The van der Waals surface area contributed by atoms with E-state index in [2.05, 4.69) is 5.32 Å². The Morgan fingerprint density at radius 3 is 2.56 bits per heavy atom. The number of rotatable bonds is 1. The fourth-order valence-corrected chi connectivity index (χ4v) is 2.06. The number of nitrogens with zero attached hydrogens (tertiary/aromatic N) is 1. The first-order valence-corrected chi connectivity index (χ1v) is 5.64. The largest absolute Gasteiger partial charge is 0.465 e. The molecule has 5 nitrogen and oxygen atoms in total. The maximum Gasteiger partial charge on any atom is 0.408 e. The van der Waals surface area contributed by atoms with Crippen LogP contribution in [0, 0.1) is 0 Å². The molecule has 0 aromatic carbocycles. The van der Waals surface area contributed by atoms with Gasteiger partial charge in [0.05, 0.1) is 0 Å². The Morgan fingerprint density at radius 2 is 2.06 bits per heavy atom. The van der Waals surface area contributed by atoms with Crippen LogP contribution >= 0.6 is 0 Å². The molecule has 1 aliphatic heterocycles. The fraction of sp³-hybridized carbons (Fsp3) is 0.818. The van der Waals surface area contributed by atoms with Crippen LogP contribution < -0.4 is 5.32 Å². The summed E-state index contributed by atoms with van der Waals surface area (Å²) in [6.07, 6.45) is 1.37. The van der Waals surface area contributed by atoms with Gasteiger partial charge in [0.25, 0.3) is 0 Å². The quantitative estimate of drug-likeness (QED) is 0.713. The van der Waals surface area contributed by atoms with Gasteiger partial charge in [-0.2, -0.15) is 0 Å². The van der Waals surface area contributed by atoms with Gasteiger partial charge in [-0.25, -0.2) is 4.79 Å². The van der Waals surface area contributed by atoms with E-state index in [9.17, 15) is 14.7 Å². The molecule has 2 N–H and O–H groups in total. The Balaban J connectivity index is 2.92. The minimum atomic E-state index is -1.03. The average molecular weight is 228 g/mol. The van der Waals surface area contributed by atoms with Crippen LogP contribution in [0.25, 0.3) is 0 Å². The zero-order chi connectivity index (χ0) is 12.3. The lowest BCUT2D eigenvalue weighted by atomic mass is 10.0. The van der Waals surface area contributed by atoms with Crippen molar-refractivity contribution < 1.29 is 14.7 Å². The highest BCUT2D eigenvalue weighted by molar-refractivity contribution is 5.85. The molecule has 2 amide bonds. The zero-order valence-electron chi connectivity index (χ0n) is 10.1. The molecular weight excluding hydrogens is 208 g/mol. The standard InChI is InChI=1S/C11H20N2O3/c1-11(2,3)13(10(15)16)8-6-4-5-7-12-9(8)14/h8H,4-7H2,1-3H3,(H,12,14)(H,15,16)/t8-/m1/s1. The van der Waals surface area contributed by atoms with Crippen molar-refractivity contribution in [2.75, 3.05) is 6.54 Å². The Morgan fingerprint density at radius 1 is 1.44 bits per heavy atom. The molecule has 0 radical (unpaired) electrons. The highest BCUT2D eigenvalue weighted by Gasteiger charge is 2.37. The molecule has 1 saturated heterocycles. The molecule has 0 bridgehead atoms. The zero-order valence-corrected chi connectivity index (χ0v) is 10.1. The van der Waals surface area contributed by atoms with E-state index in [0.29, 0.717) is 13.0 Å². The van der Waals surface area contributed by atoms with Crippen LogP contribution in [0.3, 0.4) is 0 Å². The van der Waals surface area contributed by atoms with Gasteiger partial charge >= 0.3 is 6.09 Å². The molecule has 0 aromatic rings. The van der Waals surface area contributed by atoms with Crippen molar-refractivity contribution >= 4 is 12.0 Å².